The Labute approximate surface area is 130 Å². The molecule has 2 aromatic rings. The number of nitrogens with zero attached hydrogens (tertiary/aromatic N) is 4. The highest BCUT2D eigenvalue weighted by Gasteiger charge is 2.24. The second kappa shape index (κ2) is 6.29. The first-order valence-electron chi connectivity index (χ1n) is 7.04. The normalized spacial score (nSPS) is 14.0. The van der Waals surface area contributed by atoms with Crippen LogP contribution in [0, 0.1) is 0 Å². The lowest BCUT2D eigenvalue weighted by atomic mass is 10.2. The number of rotatable bonds is 3. The summed E-state index contributed by atoms with van der Waals surface area (Å²) in [5, 5.41) is 19.6. The Balaban J connectivity index is 1.67. The van der Waals surface area contributed by atoms with Gasteiger partial charge in [-0.25, -0.2) is 18.3 Å². The molecular formula is C14H15F2N5O2. The summed E-state index contributed by atoms with van der Waals surface area (Å²) < 4.78 is 26.7. The molecule has 1 aliphatic heterocycles. The lowest BCUT2D eigenvalue weighted by molar-refractivity contribution is 0.151. The highest BCUT2D eigenvalue weighted by atomic mass is 19.3. The van der Waals surface area contributed by atoms with Crippen molar-refractivity contribution in [2.75, 3.05) is 11.9 Å². The van der Waals surface area contributed by atoms with Gasteiger partial charge in [-0.1, -0.05) is 17.3 Å². The number of aliphatic hydroxyl groups excluding tert-OH is 1. The first kappa shape index (κ1) is 15.3. The topological polar surface area (TPSA) is 83.3 Å². The molecule has 0 fully saturated rings. The summed E-state index contributed by atoms with van der Waals surface area (Å²) >= 11 is 0. The number of fused-ring (bicyclic) bond motifs is 1. The molecule has 0 aliphatic carbocycles. The molecule has 0 atom stereocenters. The molecule has 7 nitrogen and oxygen atoms in total. The minimum atomic E-state index is -2.54. The molecule has 0 radical (unpaired) electrons. The third-order valence-corrected chi connectivity index (χ3v) is 3.69. The van der Waals surface area contributed by atoms with Crippen LogP contribution in [0.4, 0.5) is 19.3 Å². The average Bonchev–Trinajstić information content (AvgIpc) is 2.97. The van der Waals surface area contributed by atoms with Gasteiger partial charge in [0.2, 0.25) is 0 Å². The molecule has 2 heterocycles. The molecule has 2 N–H and O–H groups in total. The maximum atomic E-state index is 12.5. The molecular weight excluding hydrogens is 308 g/mol. The van der Waals surface area contributed by atoms with Crippen molar-refractivity contribution in [1.29, 1.82) is 0 Å². The van der Waals surface area contributed by atoms with Crippen molar-refractivity contribution in [1.82, 2.24) is 19.9 Å². The third kappa shape index (κ3) is 3.14. The van der Waals surface area contributed by atoms with Gasteiger partial charge >= 0.3 is 6.03 Å². The average molecular weight is 323 g/mol. The number of aliphatic hydroxyl groups is 1. The molecule has 2 amide bonds. The number of aromatic nitrogens is 3. The monoisotopic (exact) mass is 323 g/mol. The molecule has 122 valence electrons. The molecule has 1 aromatic heterocycles. The van der Waals surface area contributed by atoms with Gasteiger partial charge in [0, 0.05) is 17.8 Å². The van der Waals surface area contributed by atoms with Gasteiger partial charge < -0.3 is 15.3 Å². The van der Waals surface area contributed by atoms with Gasteiger partial charge in [-0.15, -0.1) is 5.10 Å². The van der Waals surface area contributed by atoms with E-state index in [1.54, 1.807) is 9.58 Å². The Kier molecular flexibility index (Phi) is 4.20. The zero-order chi connectivity index (χ0) is 16.4. The predicted octanol–water partition coefficient (Wildman–Crippen LogP) is 1.76. The van der Waals surface area contributed by atoms with Crippen LogP contribution in [0.3, 0.4) is 0 Å². The van der Waals surface area contributed by atoms with Crippen LogP contribution in [0.2, 0.25) is 0 Å². The molecule has 0 saturated heterocycles. The van der Waals surface area contributed by atoms with E-state index in [9.17, 15) is 18.7 Å². The number of amides is 2. The van der Waals surface area contributed by atoms with Crippen LogP contribution in [-0.4, -0.2) is 37.6 Å². The van der Waals surface area contributed by atoms with Crippen LogP contribution in [0.5, 0.6) is 0 Å². The minimum Gasteiger partial charge on any atom is -0.390 e. The van der Waals surface area contributed by atoms with Gasteiger partial charge in [-0.05, 0) is 12.1 Å². The van der Waals surface area contributed by atoms with Crippen LogP contribution in [0.15, 0.2) is 24.3 Å². The Hall–Kier alpha value is -2.55. The van der Waals surface area contributed by atoms with Crippen LogP contribution in [0.1, 0.15) is 23.4 Å². The van der Waals surface area contributed by atoms with Gasteiger partial charge in [0.25, 0.3) is 6.43 Å². The fourth-order valence-electron chi connectivity index (χ4n) is 2.41. The van der Waals surface area contributed by atoms with Crippen molar-refractivity contribution in [2.45, 2.75) is 26.1 Å². The molecule has 0 unspecified atom stereocenters. The van der Waals surface area contributed by atoms with E-state index in [0.717, 1.165) is 0 Å². The fraction of sp³-hybridized carbons (Fsp3) is 0.357. The maximum absolute atomic E-state index is 12.5. The van der Waals surface area contributed by atoms with Crippen molar-refractivity contribution < 1.29 is 18.7 Å². The summed E-state index contributed by atoms with van der Waals surface area (Å²) in [6, 6.07) is 5.09. The Morgan fingerprint density at radius 3 is 2.70 bits per heavy atom. The summed E-state index contributed by atoms with van der Waals surface area (Å²) in [5.74, 6) is 0. The number of urea groups is 1. The fourth-order valence-corrected chi connectivity index (χ4v) is 2.41. The Bertz CT molecular complexity index is 688. The predicted molar refractivity (Wildman–Crippen MR) is 76.8 cm³/mol. The molecule has 3 rings (SSSR count). The zero-order valence-electron chi connectivity index (χ0n) is 12.1. The molecule has 9 heteroatoms. The molecule has 23 heavy (non-hydrogen) atoms. The van der Waals surface area contributed by atoms with E-state index in [0.29, 0.717) is 30.2 Å². The van der Waals surface area contributed by atoms with E-state index in [4.69, 9.17) is 0 Å². The van der Waals surface area contributed by atoms with Crippen LogP contribution < -0.4 is 5.32 Å². The molecule has 1 aromatic carbocycles. The summed E-state index contributed by atoms with van der Waals surface area (Å²) in [5.41, 5.74) is 1.49. The maximum Gasteiger partial charge on any atom is 0.322 e. The van der Waals surface area contributed by atoms with Gasteiger partial charge in [-0.2, -0.15) is 0 Å². The molecule has 0 bridgehead atoms. The number of hydrogen-bond acceptors (Lipinski definition) is 4. The van der Waals surface area contributed by atoms with E-state index >= 15 is 0 Å². The van der Waals surface area contributed by atoms with Gasteiger partial charge in [0.1, 0.15) is 5.69 Å². The first-order chi connectivity index (χ1) is 11.1. The number of benzene rings is 1. The standard InChI is InChI=1S/C14H15F2N5O2/c15-13(16)9-1-3-10(4-2-9)17-14(23)20-5-6-21-12(7-20)11(8-22)18-19-21/h1-4,13,22H,5-8H2,(H,17,23). The van der Waals surface area contributed by atoms with Crippen LogP contribution in [0.25, 0.3) is 0 Å². The van der Waals surface area contributed by atoms with Crippen molar-refractivity contribution >= 4 is 11.7 Å². The second-order valence-electron chi connectivity index (χ2n) is 5.14. The lowest BCUT2D eigenvalue weighted by Crippen LogP contribution is -2.41. The summed E-state index contributed by atoms with van der Waals surface area (Å²) in [7, 11) is 0. The number of carbonyl (C=O) groups is 1. The van der Waals surface area contributed by atoms with Gasteiger partial charge in [0.05, 0.1) is 25.4 Å². The Morgan fingerprint density at radius 2 is 2.04 bits per heavy atom. The third-order valence-electron chi connectivity index (χ3n) is 3.69. The number of alkyl halides is 2. The van der Waals surface area contributed by atoms with Crippen molar-refractivity contribution in [3.8, 4) is 0 Å². The summed E-state index contributed by atoms with van der Waals surface area (Å²) in [6.45, 7) is 0.978. The number of hydrogen-bond donors (Lipinski definition) is 2. The number of carbonyl (C=O) groups excluding carboxylic acids is 1. The number of nitrogens with one attached hydrogen (secondary N) is 1. The van der Waals surface area contributed by atoms with Gasteiger partial charge in [0.15, 0.2) is 0 Å². The highest BCUT2D eigenvalue weighted by Crippen LogP contribution is 2.21. The number of halogens is 2. The summed E-state index contributed by atoms with van der Waals surface area (Å²) in [4.78, 5) is 13.8. The minimum absolute atomic E-state index is 0.0939. The van der Waals surface area contributed by atoms with Crippen molar-refractivity contribution in [3.63, 3.8) is 0 Å². The van der Waals surface area contributed by atoms with Crippen molar-refractivity contribution in [3.05, 3.63) is 41.2 Å². The molecule has 0 spiro atoms. The van der Waals surface area contributed by atoms with E-state index in [1.165, 1.54) is 24.3 Å². The second-order valence-corrected chi connectivity index (χ2v) is 5.14. The number of anilines is 1. The lowest BCUT2D eigenvalue weighted by Gasteiger charge is -2.27. The van der Waals surface area contributed by atoms with Crippen LogP contribution in [-0.2, 0) is 19.7 Å². The van der Waals surface area contributed by atoms with Crippen LogP contribution >= 0.6 is 0 Å². The molecule has 0 saturated carbocycles. The SMILES string of the molecule is O=C(Nc1ccc(C(F)F)cc1)N1CCn2nnc(CO)c2C1. The van der Waals surface area contributed by atoms with E-state index in [2.05, 4.69) is 15.6 Å². The van der Waals surface area contributed by atoms with Gasteiger partial charge in [-0.3, -0.25) is 0 Å². The van der Waals surface area contributed by atoms with E-state index < -0.39 is 6.43 Å². The highest BCUT2D eigenvalue weighted by molar-refractivity contribution is 5.89. The van der Waals surface area contributed by atoms with E-state index in [1.807, 2.05) is 0 Å². The zero-order valence-corrected chi connectivity index (χ0v) is 12.1. The van der Waals surface area contributed by atoms with E-state index in [-0.39, 0.29) is 24.7 Å². The van der Waals surface area contributed by atoms with Crippen molar-refractivity contribution in [2.24, 2.45) is 0 Å². The molecule has 1 aliphatic rings. The smallest absolute Gasteiger partial charge is 0.322 e. The Morgan fingerprint density at radius 1 is 1.30 bits per heavy atom. The largest absolute Gasteiger partial charge is 0.390 e. The quantitative estimate of drug-likeness (QED) is 0.901. The summed E-state index contributed by atoms with van der Waals surface area (Å²) in [6.07, 6.45) is -2.54. The first-order valence-corrected chi connectivity index (χ1v) is 7.04.